The fourth-order valence-electron chi connectivity index (χ4n) is 3.09. The molecule has 120 valence electrons. The third kappa shape index (κ3) is 2.24. The van der Waals surface area contributed by atoms with Gasteiger partial charge in [0.05, 0.1) is 21.8 Å². The van der Waals surface area contributed by atoms with Crippen molar-refractivity contribution in [2.24, 2.45) is 9.98 Å². The van der Waals surface area contributed by atoms with Crippen molar-refractivity contribution in [3.63, 3.8) is 0 Å². The zero-order valence-corrected chi connectivity index (χ0v) is 13.3. The third-order valence-corrected chi connectivity index (χ3v) is 4.17. The van der Waals surface area contributed by atoms with Crippen molar-refractivity contribution in [3.05, 3.63) is 83.3 Å². The van der Waals surface area contributed by atoms with E-state index >= 15 is 0 Å². The Labute approximate surface area is 143 Å². The maximum atomic E-state index is 10.8. The Kier molecular flexibility index (Phi) is 3.44. The second-order valence-corrected chi connectivity index (χ2v) is 5.64. The molecule has 0 spiro atoms. The van der Waals surface area contributed by atoms with Gasteiger partial charge in [-0.2, -0.15) is 5.26 Å². The van der Waals surface area contributed by atoms with Gasteiger partial charge in [0.25, 0.3) is 0 Å². The van der Waals surface area contributed by atoms with E-state index in [-0.39, 0.29) is 11.5 Å². The average molecular weight is 326 g/mol. The summed E-state index contributed by atoms with van der Waals surface area (Å²) in [5.74, 6) is 0.340. The molecule has 2 heterocycles. The highest BCUT2D eigenvalue weighted by Crippen LogP contribution is 2.38. The van der Waals surface area contributed by atoms with Crippen molar-refractivity contribution >= 4 is 16.5 Å². The third-order valence-electron chi connectivity index (χ3n) is 4.17. The van der Waals surface area contributed by atoms with E-state index in [0.29, 0.717) is 17.9 Å². The number of benzene rings is 2. The largest absolute Gasteiger partial charge is 0.494 e. The van der Waals surface area contributed by atoms with Gasteiger partial charge < -0.3 is 9.67 Å². The number of rotatable bonds is 3. The fraction of sp³-hybridized carbons (Fsp3) is 0.0500. The number of nitriles is 1. The summed E-state index contributed by atoms with van der Waals surface area (Å²) in [5, 5.41) is 22.8. The van der Waals surface area contributed by atoms with Crippen molar-refractivity contribution in [2.45, 2.75) is 6.54 Å². The van der Waals surface area contributed by atoms with Gasteiger partial charge in [0.2, 0.25) is 5.88 Å². The van der Waals surface area contributed by atoms with Crippen LogP contribution in [0.2, 0.25) is 0 Å². The standard InChI is InChI=1S/C20H14N4O/c1-2-11-24-17-10-6-3-7-13(17)18(20(24)25)14(12-21)19-22-15-8-4-5-9-16(15)23-19/h2-10,25H,1,11H2. The summed E-state index contributed by atoms with van der Waals surface area (Å²) >= 11 is 0. The first-order valence-electron chi connectivity index (χ1n) is 7.83. The first kappa shape index (κ1) is 14.9. The maximum absolute atomic E-state index is 10.8. The van der Waals surface area contributed by atoms with E-state index in [0.717, 1.165) is 21.6 Å². The van der Waals surface area contributed by atoms with Crippen LogP contribution in [0, 0.1) is 11.3 Å². The summed E-state index contributed by atoms with van der Waals surface area (Å²) in [6.45, 7) is 4.18. The molecule has 1 N–H and O–H groups in total. The lowest BCUT2D eigenvalue weighted by atomic mass is 10.1. The molecule has 1 aromatic heterocycles. The highest BCUT2D eigenvalue weighted by molar-refractivity contribution is 6.00. The van der Waals surface area contributed by atoms with Crippen LogP contribution in [0.1, 0.15) is 5.56 Å². The molecule has 5 nitrogen and oxygen atoms in total. The van der Waals surface area contributed by atoms with E-state index < -0.39 is 0 Å². The molecule has 4 rings (SSSR count). The van der Waals surface area contributed by atoms with Crippen LogP contribution in [-0.2, 0) is 6.54 Å². The van der Waals surface area contributed by atoms with Gasteiger partial charge >= 0.3 is 0 Å². The number of aromatic hydroxyl groups is 1. The molecule has 0 saturated heterocycles. The number of hydrogen-bond donors (Lipinski definition) is 1. The van der Waals surface area contributed by atoms with Gasteiger partial charge in [-0.15, -0.1) is 6.58 Å². The zero-order valence-electron chi connectivity index (χ0n) is 13.3. The Morgan fingerprint density at radius 2 is 1.76 bits per heavy atom. The highest BCUT2D eigenvalue weighted by Gasteiger charge is 2.22. The molecule has 1 aliphatic heterocycles. The minimum absolute atomic E-state index is 0.0199. The van der Waals surface area contributed by atoms with Crippen LogP contribution in [0.15, 0.2) is 77.0 Å². The second-order valence-electron chi connectivity index (χ2n) is 5.64. The normalized spacial score (nSPS) is 12.2. The van der Waals surface area contributed by atoms with Gasteiger partial charge in [0, 0.05) is 11.9 Å². The predicted octanol–water partition coefficient (Wildman–Crippen LogP) is 2.68. The second kappa shape index (κ2) is 5.77. The minimum Gasteiger partial charge on any atom is -0.494 e. The monoisotopic (exact) mass is 326 g/mol. The van der Waals surface area contributed by atoms with E-state index in [1.54, 1.807) is 10.6 Å². The van der Waals surface area contributed by atoms with E-state index in [2.05, 4.69) is 22.6 Å². The summed E-state index contributed by atoms with van der Waals surface area (Å²) in [7, 11) is 0. The summed E-state index contributed by atoms with van der Waals surface area (Å²) in [6, 6.07) is 17.2. The van der Waals surface area contributed by atoms with Crippen LogP contribution < -0.4 is 10.7 Å². The quantitative estimate of drug-likeness (QED) is 0.593. The van der Waals surface area contributed by atoms with E-state index in [1.807, 2.05) is 48.5 Å². The molecule has 25 heavy (non-hydrogen) atoms. The topological polar surface area (TPSA) is 73.7 Å². The number of nitrogens with zero attached hydrogens (tertiary/aromatic N) is 4. The number of allylic oxidation sites excluding steroid dienone is 2. The molecule has 1 aliphatic rings. The van der Waals surface area contributed by atoms with Crippen LogP contribution in [0.5, 0.6) is 5.88 Å². The Hall–Kier alpha value is -3.65. The molecule has 3 aromatic rings. The molecular weight excluding hydrogens is 312 g/mol. The van der Waals surface area contributed by atoms with Gasteiger partial charge in [-0.05, 0) is 18.2 Å². The SMILES string of the molecule is C=CCn1c(O)c(C(C#N)=C2N=c3ccccc3=N2)c2ccccc21. The van der Waals surface area contributed by atoms with E-state index in [9.17, 15) is 10.4 Å². The van der Waals surface area contributed by atoms with Crippen molar-refractivity contribution in [2.75, 3.05) is 0 Å². The lowest BCUT2D eigenvalue weighted by Gasteiger charge is -2.03. The number of para-hydroxylation sites is 3. The van der Waals surface area contributed by atoms with Gasteiger partial charge in [-0.3, -0.25) is 0 Å². The molecule has 0 unspecified atom stereocenters. The molecule has 0 fully saturated rings. The Morgan fingerprint density at radius 1 is 1.12 bits per heavy atom. The van der Waals surface area contributed by atoms with E-state index in [4.69, 9.17) is 0 Å². The van der Waals surface area contributed by atoms with Crippen LogP contribution in [0.4, 0.5) is 0 Å². The van der Waals surface area contributed by atoms with Crippen molar-refractivity contribution in [1.29, 1.82) is 5.26 Å². The number of aromatic nitrogens is 1. The minimum atomic E-state index is 0.0199. The van der Waals surface area contributed by atoms with Crippen molar-refractivity contribution in [1.82, 2.24) is 4.57 Å². The predicted molar refractivity (Wildman–Crippen MR) is 95.1 cm³/mol. The fourth-order valence-corrected chi connectivity index (χ4v) is 3.09. The Balaban J connectivity index is 2.06. The molecule has 0 bridgehead atoms. The summed E-state index contributed by atoms with van der Waals surface area (Å²) < 4.78 is 1.72. The smallest absolute Gasteiger partial charge is 0.201 e. The van der Waals surface area contributed by atoms with Crippen LogP contribution in [-0.4, -0.2) is 9.67 Å². The number of fused-ring (bicyclic) bond motifs is 2. The molecular formula is C20H14N4O. The van der Waals surface area contributed by atoms with Crippen LogP contribution in [0.25, 0.3) is 16.5 Å². The average Bonchev–Trinajstić information content (AvgIpc) is 3.18. The van der Waals surface area contributed by atoms with Gasteiger partial charge in [-0.25, -0.2) is 9.98 Å². The number of hydrogen-bond acceptors (Lipinski definition) is 4. The Morgan fingerprint density at radius 3 is 2.40 bits per heavy atom. The van der Waals surface area contributed by atoms with Crippen LogP contribution in [0.3, 0.4) is 0 Å². The molecule has 0 atom stereocenters. The lowest BCUT2D eigenvalue weighted by Crippen LogP contribution is -2.19. The van der Waals surface area contributed by atoms with Crippen LogP contribution >= 0.6 is 0 Å². The van der Waals surface area contributed by atoms with E-state index in [1.165, 1.54) is 0 Å². The van der Waals surface area contributed by atoms with Gasteiger partial charge in [0.1, 0.15) is 11.6 Å². The lowest BCUT2D eigenvalue weighted by molar-refractivity contribution is 0.428. The first-order valence-corrected chi connectivity index (χ1v) is 7.83. The highest BCUT2D eigenvalue weighted by atomic mass is 16.3. The molecule has 2 aromatic carbocycles. The molecule has 0 saturated carbocycles. The summed E-state index contributed by atoms with van der Waals surface area (Å²) in [6.07, 6.45) is 1.70. The molecule has 0 radical (unpaired) electrons. The summed E-state index contributed by atoms with van der Waals surface area (Å²) in [4.78, 5) is 8.90. The first-order chi connectivity index (χ1) is 12.2. The van der Waals surface area contributed by atoms with Gasteiger partial charge in [-0.1, -0.05) is 36.4 Å². The van der Waals surface area contributed by atoms with Gasteiger partial charge in [0.15, 0.2) is 5.82 Å². The zero-order chi connectivity index (χ0) is 17.4. The molecule has 0 aliphatic carbocycles. The van der Waals surface area contributed by atoms with Crippen molar-refractivity contribution < 1.29 is 5.11 Å². The molecule has 5 heteroatoms. The van der Waals surface area contributed by atoms with Crippen molar-refractivity contribution in [3.8, 4) is 11.9 Å². The summed E-state index contributed by atoms with van der Waals surface area (Å²) in [5.41, 5.74) is 1.54. The molecule has 0 amide bonds. The Bertz CT molecular complexity index is 1170. The maximum Gasteiger partial charge on any atom is 0.201 e.